The molecule has 0 radical (unpaired) electrons. The van der Waals surface area contributed by atoms with Crippen molar-refractivity contribution in [1.82, 2.24) is 25.2 Å². The SMILES string of the molecule is COc1ccc(-c2c(C)nn3c(NCc4ccc(C(C)=O)cc4)cc(CCOc4cc(/C(C(C)=N)=C5\N=C(C)C=C(NCc6cccc7ccccc67)N5)ccc4OC)nc23)cc1OC. The van der Waals surface area contributed by atoms with E-state index in [-0.39, 0.29) is 12.4 Å². The standard InChI is InChI=1S/C52H52N8O5/c1-31-25-47(54-30-40-13-10-12-37-11-8-9-14-42(37)40)58-51(56-31)49(32(2)53)38-19-22-44(63-6)46(27-38)65-24-23-41-28-48(55-29-35-15-17-36(18-16-35)34(4)61)60-52(57-41)50(33(3)59-60)39-20-21-43(62-5)45(26-39)64-7/h8-22,25-28,53-55,58H,23-24,29-30H2,1-7H3/b51-49+,53-32?. The van der Waals surface area contributed by atoms with E-state index in [2.05, 4.69) is 52.3 Å². The van der Waals surface area contributed by atoms with E-state index >= 15 is 0 Å². The van der Waals surface area contributed by atoms with E-state index in [1.54, 1.807) is 35.2 Å². The number of carbonyl (C=O) groups is 1. The van der Waals surface area contributed by atoms with Gasteiger partial charge in [0, 0.05) is 59.4 Å². The van der Waals surface area contributed by atoms with Crippen LogP contribution in [0, 0.1) is 12.3 Å². The largest absolute Gasteiger partial charge is 0.493 e. The number of benzene rings is 5. The zero-order valence-corrected chi connectivity index (χ0v) is 37.6. The molecule has 0 aliphatic carbocycles. The van der Waals surface area contributed by atoms with Crippen LogP contribution in [0.15, 0.2) is 132 Å². The molecule has 4 N–H and O–H groups in total. The number of rotatable bonds is 17. The maximum Gasteiger partial charge on any atom is 0.165 e. The molecule has 0 saturated heterocycles. The summed E-state index contributed by atoms with van der Waals surface area (Å²) in [4.78, 5) is 21.9. The van der Waals surface area contributed by atoms with E-state index in [4.69, 9.17) is 39.4 Å². The van der Waals surface area contributed by atoms with Gasteiger partial charge in [0.2, 0.25) is 0 Å². The van der Waals surface area contributed by atoms with Gasteiger partial charge in [-0.05, 0) is 91.1 Å². The van der Waals surface area contributed by atoms with E-state index in [1.807, 2.05) is 97.2 Å². The van der Waals surface area contributed by atoms with Crippen LogP contribution in [0.1, 0.15) is 59.2 Å². The minimum atomic E-state index is 0.0202. The fourth-order valence-corrected chi connectivity index (χ4v) is 8.01. The van der Waals surface area contributed by atoms with Crippen LogP contribution < -0.4 is 34.9 Å². The molecule has 330 valence electrons. The van der Waals surface area contributed by atoms with Crippen LogP contribution in [0.3, 0.4) is 0 Å². The number of aromatic nitrogens is 3. The van der Waals surface area contributed by atoms with E-state index in [0.29, 0.717) is 70.8 Å². The van der Waals surface area contributed by atoms with E-state index in [0.717, 1.165) is 51.0 Å². The third kappa shape index (κ3) is 9.54. The Morgan fingerprint density at radius 1 is 0.769 bits per heavy atom. The molecular formula is C52H52N8O5. The Morgan fingerprint density at radius 2 is 1.49 bits per heavy atom. The molecule has 0 bridgehead atoms. The van der Waals surface area contributed by atoms with Gasteiger partial charge in [0.25, 0.3) is 0 Å². The van der Waals surface area contributed by atoms with Crippen molar-refractivity contribution >= 4 is 45.0 Å². The lowest BCUT2D eigenvalue weighted by Gasteiger charge is -2.22. The summed E-state index contributed by atoms with van der Waals surface area (Å²) in [6.07, 6.45) is 2.41. The van der Waals surface area contributed by atoms with E-state index in [9.17, 15) is 4.79 Å². The number of aryl methyl sites for hydroxylation is 1. The second kappa shape index (κ2) is 19.2. The Labute approximate surface area is 378 Å². The van der Waals surface area contributed by atoms with Crippen molar-refractivity contribution in [2.75, 3.05) is 33.3 Å². The first kappa shape index (κ1) is 43.7. The number of nitrogens with one attached hydrogen (secondary N) is 4. The Balaban J connectivity index is 1.06. The molecule has 5 aromatic carbocycles. The average molecular weight is 869 g/mol. The Kier molecular flexibility index (Phi) is 12.9. The van der Waals surface area contributed by atoms with Gasteiger partial charge in [-0.3, -0.25) is 4.79 Å². The summed E-state index contributed by atoms with van der Waals surface area (Å²) in [5.41, 5.74) is 9.32. The number of aliphatic imine (C=N–C) groups is 1. The van der Waals surface area contributed by atoms with Gasteiger partial charge in [0.1, 0.15) is 17.5 Å². The molecule has 1 aliphatic heterocycles. The molecule has 0 fully saturated rings. The molecule has 1 aliphatic rings. The zero-order chi connectivity index (χ0) is 45.6. The summed E-state index contributed by atoms with van der Waals surface area (Å²) in [5, 5.41) is 26.8. The molecule has 8 rings (SSSR count). The first-order chi connectivity index (χ1) is 31.5. The quantitative estimate of drug-likeness (QED) is 0.0513. The summed E-state index contributed by atoms with van der Waals surface area (Å²) < 4.78 is 25.3. The second-order valence-corrected chi connectivity index (χ2v) is 15.7. The topological polar surface area (TPSA) is 156 Å². The van der Waals surface area contributed by atoms with Crippen molar-refractivity contribution in [3.63, 3.8) is 0 Å². The highest BCUT2D eigenvalue weighted by Gasteiger charge is 2.21. The molecule has 3 heterocycles. The van der Waals surface area contributed by atoms with Crippen molar-refractivity contribution in [3.05, 3.63) is 161 Å². The number of nitrogens with zero attached hydrogens (tertiary/aromatic N) is 4. The van der Waals surface area contributed by atoms with Gasteiger partial charge >= 0.3 is 0 Å². The number of Topliss-reactive ketones (excluding diaryl/α,β-unsaturated/α-hetero) is 1. The van der Waals surface area contributed by atoms with Crippen molar-refractivity contribution in [3.8, 4) is 34.1 Å². The van der Waals surface area contributed by atoms with Crippen molar-refractivity contribution in [2.45, 2.75) is 47.2 Å². The van der Waals surface area contributed by atoms with Gasteiger partial charge in [0.05, 0.1) is 33.6 Å². The normalized spacial score (nSPS) is 13.1. The molecule has 13 heteroatoms. The van der Waals surface area contributed by atoms with Crippen molar-refractivity contribution < 1.29 is 23.7 Å². The molecule has 0 amide bonds. The lowest BCUT2D eigenvalue weighted by Crippen LogP contribution is -2.30. The summed E-state index contributed by atoms with van der Waals surface area (Å²) in [6, 6.07) is 35.6. The molecule has 0 saturated carbocycles. The number of carbonyl (C=O) groups excluding carboxylic acids is 1. The third-order valence-electron chi connectivity index (χ3n) is 11.2. The number of anilines is 1. The lowest BCUT2D eigenvalue weighted by atomic mass is 10.0. The van der Waals surface area contributed by atoms with Gasteiger partial charge < -0.3 is 40.3 Å². The lowest BCUT2D eigenvalue weighted by molar-refractivity contribution is 0.101. The summed E-state index contributed by atoms with van der Waals surface area (Å²) in [6.45, 7) is 8.58. The predicted molar refractivity (Wildman–Crippen MR) is 258 cm³/mol. The second-order valence-electron chi connectivity index (χ2n) is 15.7. The molecule has 7 aromatic rings. The van der Waals surface area contributed by atoms with Gasteiger partial charge in [0.15, 0.2) is 34.4 Å². The Morgan fingerprint density at radius 3 is 2.25 bits per heavy atom. The van der Waals surface area contributed by atoms with Crippen LogP contribution in [0.25, 0.3) is 33.1 Å². The molecule has 0 atom stereocenters. The smallest absolute Gasteiger partial charge is 0.165 e. The maximum atomic E-state index is 11.9. The third-order valence-corrected chi connectivity index (χ3v) is 11.2. The number of hydrogen-bond acceptors (Lipinski definition) is 12. The highest BCUT2D eigenvalue weighted by molar-refractivity contribution is 6.22. The Bertz CT molecular complexity index is 3030. The molecule has 0 unspecified atom stereocenters. The van der Waals surface area contributed by atoms with Crippen LogP contribution in [0.2, 0.25) is 0 Å². The monoisotopic (exact) mass is 868 g/mol. The molecule has 0 spiro atoms. The number of fused-ring (bicyclic) bond motifs is 2. The van der Waals surface area contributed by atoms with Crippen LogP contribution in [-0.2, 0) is 19.5 Å². The van der Waals surface area contributed by atoms with Crippen molar-refractivity contribution in [1.29, 1.82) is 5.41 Å². The molecular weight excluding hydrogens is 817 g/mol. The van der Waals surface area contributed by atoms with Crippen LogP contribution >= 0.6 is 0 Å². The van der Waals surface area contributed by atoms with Crippen molar-refractivity contribution in [2.24, 2.45) is 4.99 Å². The minimum Gasteiger partial charge on any atom is -0.493 e. The van der Waals surface area contributed by atoms with Gasteiger partial charge in [-0.2, -0.15) is 9.61 Å². The molecule has 13 nitrogen and oxygen atoms in total. The van der Waals surface area contributed by atoms with Gasteiger partial charge in [-0.25, -0.2) is 9.98 Å². The van der Waals surface area contributed by atoms with Crippen LogP contribution in [0.4, 0.5) is 5.82 Å². The molecule has 2 aromatic heterocycles. The van der Waals surface area contributed by atoms with Gasteiger partial charge in [-0.15, -0.1) is 0 Å². The Hall–Kier alpha value is -7.93. The molecule has 65 heavy (non-hydrogen) atoms. The fourth-order valence-electron chi connectivity index (χ4n) is 8.01. The summed E-state index contributed by atoms with van der Waals surface area (Å²) >= 11 is 0. The van der Waals surface area contributed by atoms with Crippen LogP contribution in [-0.4, -0.2) is 59.7 Å². The zero-order valence-electron chi connectivity index (χ0n) is 37.6. The number of ether oxygens (including phenoxy) is 4. The predicted octanol–water partition coefficient (Wildman–Crippen LogP) is 9.72. The first-order valence-electron chi connectivity index (χ1n) is 21.3. The summed E-state index contributed by atoms with van der Waals surface area (Å²) in [7, 11) is 4.83. The van der Waals surface area contributed by atoms with E-state index < -0.39 is 0 Å². The highest BCUT2D eigenvalue weighted by atomic mass is 16.5. The number of methoxy groups -OCH3 is 3. The number of allylic oxidation sites excluding steroid dienone is 2. The van der Waals surface area contributed by atoms with Gasteiger partial charge in [-0.1, -0.05) is 78.9 Å². The minimum absolute atomic E-state index is 0.0202. The number of ketones is 1. The highest BCUT2D eigenvalue weighted by Crippen LogP contribution is 2.37. The fraction of sp³-hybridized carbons (Fsp3) is 0.212. The average Bonchev–Trinajstić information content (AvgIpc) is 3.65. The first-order valence-corrected chi connectivity index (χ1v) is 21.3. The summed E-state index contributed by atoms with van der Waals surface area (Å²) in [5.74, 6) is 4.40. The van der Waals surface area contributed by atoms with Crippen LogP contribution in [0.5, 0.6) is 23.0 Å². The van der Waals surface area contributed by atoms with E-state index in [1.165, 1.54) is 16.3 Å². The number of hydrogen-bond donors (Lipinski definition) is 4. The maximum absolute atomic E-state index is 11.9.